The topological polar surface area (TPSA) is 38.1 Å². The second-order valence-electron chi connectivity index (χ2n) is 7.34. The maximum absolute atomic E-state index is 14.0. The van der Waals surface area contributed by atoms with Crippen molar-refractivity contribution < 1.29 is 31.4 Å². The summed E-state index contributed by atoms with van der Waals surface area (Å²) in [6, 6.07) is 16.7. The van der Waals surface area contributed by atoms with Crippen molar-refractivity contribution in [3.8, 4) is 5.69 Å². The van der Waals surface area contributed by atoms with Gasteiger partial charge in [0.25, 0.3) is 0 Å². The maximum Gasteiger partial charge on any atom is 0.422 e. The Morgan fingerprint density at radius 3 is 2.21 bits per heavy atom. The van der Waals surface area contributed by atoms with Gasteiger partial charge in [0, 0.05) is 16.0 Å². The number of thioether (sulfide) groups is 1. The Morgan fingerprint density at radius 1 is 0.818 bits per heavy atom. The summed E-state index contributed by atoms with van der Waals surface area (Å²) < 4.78 is 82.2. The fourth-order valence-corrected chi connectivity index (χ4v) is 4.43. The Balaban J connectivity index is 1.67. The number of hydrogen-bond acceptors (Lipinski definition) is 3. The van der Waals surface area contributed by atoms with Gasteiger partial charge in [-0.3, -0.25) is 0 Å². The predicted octanol–water partition coefficient (Wildman–Crippen LogP) is 6.59. The van der Waals surface area contributed by atoms with E-state index in [1.54, 1.807) is 28.9 Å². The van der Waals surface area contributed by atoms with Crippen LogP contribution in [0.3, 0.4) is 0 Å². The van der Waals surface area contributed by atoms with Gasteiger partial charge in [-0.25, -0.2) is 4.68 Å². The van der Waals surface area contributed by atoms with Crippen LogP contribution >= 0.6 is 11.8 Å². The monoisotopic (exact) mass is 482 g/mol. The lowest BCUT2D eigenvalue weighted by atomic mass is 9.94. The Bertz CT molecular complexity index is 1270. The molecule has 10 heteroatoms. The minimum Gasteiger partial charge on any atom is -0.376 e. The van der Waals surface area contributed by atoms with E-state index >= 15 is 0 Å². The zero-order chi connectivity index (χ0) is 23.9. The fraction of sp³-hybridized carbons (Fsp3) is 0.174. The molecule has 0 aliphatic carbocycles. The number of benzene rings is 3. The molecule has 0 bridgehead atoms. The molecule has 4 rings (SSSR count). The number of para-hydroxylation sites is 1. The highest BCUT2D eigenvalue weighted by Gasteiger charge is 2.55. The SMILES string of the molecule is OC(CSc1cccc(C(F)(F)F)c1)(c1ccc2c(cnn2-c2ccccc2)c1)C(F)(F)F. The van der Waals surface area contributed by atoms with Crippen LogP contribution in [0.4, 0.5) is 26.3 Å². The molecule has 4 aromatic rings. The summed E-state index contributed by atoms with van der Waals surface area (Å²) in [5.41, 5.74) is -3.42. The number of halogens is 6. The summed E-state index contributed by atoms with van der Waals surface area (Å²) in [5.74, 6) is -0.920. The largest absolute Gasteiger partial charge is 0.422 e. The van der Waals surface area contributed by atoms with Crippen LogP contribution in [0, 0.1) is 0 Å². The number of alkyl halides is 6. The van der Waals surface area contributed by atoms with E-state index in [0.717, 1.165) is 24.3 Å². The number of aliphatic hydroxyl groups is 1. The van der Waals surface area contributed by atoms with Crippen LogP contribution in [0.15, 0.2) is 83.9 Å². The molecule has 33 heavy (non-hydrogen) atoms. The van der Waals surface area contributed by atoms with Crippen LogP contribution in [-0.2, 0) is 11.8 Å². The average molecular weight is 482 g/mol. The number of fused-ring (bicyclic) bond motifs is 1. The van der Waals surface area contributed by atoms with E-state index in [1.165, 1.54) is 24.4 Å². The van der Waals surface area contributed by atoms with Crippen LogP contribution < -0.4 is 0 Å². The molecule has 1 N–H and O–H groups in total. The summed E-state index contributed by atoms with van der Waals surface area (Å²) in [5, 5.41) is 15.3. The van der Waals surface area contributed by atoms with E-state index in [-0.39, 0.29) is 4.90 Å². The van der Waals surface area contributed by atoms with E-state index in [9.17, 15) is 31.4 Å². The van der Waals surface area contributed by atoms with Crippen LogP contribution in [0.5, 0.6) is 0 Å². The van der Waals surface area contributed by atoms with Crippen molar-refractivity contribution >= 4 is 22.7 Å². The summed E-state index contributed by atoms with van der Waals surface area (Å²) >= 11 is 0.496. The van der Waals surface area contributed by atoms with Gasteiger partial charge in [-0.1, -0.05) is 30.3 Å². The molecule has 1 heterocycles. The zero-order valence-electron chi connectivity index (χ0n) is 16.7. The molecule has 0 radical (unpaired) electrons. The second kappa shape index (κ2) is 8.42. The van der Waals surface area contributed by atoms with Crippen molar-refractivity contribution in [3.63, 3.8) is 0 Å². The van der Waals surface area contributed by atoms with E-state index in [1.807, 2.05) is 6.07 Å². The van der Waals surface area contributed by atoms with Gasteiger partial charge in [-0.2, -0.15) is 31.4 Å². The van der Waals surface area contributed by atoms with Crippen LogP contribution in [0.1, 0.15) is 11.1 Å². The molecular formula is C23H16F6N2OS. The van der Waals surface area contributed by atoms with E-state index in [0.29, 0.717) is 28.4 Å². The fourth-order valence-electron chi connectivity index (χ4n) is 3.34. The lowest BCUT2D eigenvalue weighted by Crippen LogP contribution is -2.44. The highest BCUT2D eigenvalue weighted by molar-refractivity contribution is 7.99. The predicted molar refractivity (Wildman–Crippen MR) is 113 cm³/mol. The molecule has 1 aromatic heterocycles. The molecular weight excluding hydrogens is 466 g/mol. The number of aromatic nitrogens is 2. The third-order valence-electron chi connectivity index (χ3n) is 5.12. The number of nitrogens with zero attached hydrogens (tertiary/aromatic N) is 2. The van der Waals surface area contributed by atoms with Gasteiger partial charge in [-0.05, 0) is 48.0 Å². The molecule has 0 saturated heterocycles. The normalized spacial score (nSPS) is 14.4. The molecule has 0 aliphatic heterocycles. The number of rotatable bonds is 5. The first-order chi connectivity index (χ1) is 15.5. The minimum atomic E-state index is -5.06. The smallest absolute Gasteiger partial charge is 0.376 e. The Morgan fingerprint density at radius 2 is 1.55 bits per heavy atom. The lowest BCUT2D eigenvalue weighted by Gasteiger charge is -2.31. The Hall–Kier alpha value is -2.98. The molecule has 1 unspecified atom stereocenters. The third-order valence-corrected chi connectivity index (χ3v) is 6.27. The molecule has 0 spiro atoms. The van der Waals surface area contributed by atoms with E-state index in [4.69, 9.17) is 0 Å². The van der Waals surface area contributed by atoms with Crippen molar-refractivity contribution in [2.24, 2.45) is 0 Å². The van der Waals surface area contributed by atoms with Crippen molar-refractivity contribution in [1.29, 1.82) is 0 Å². The first kappa shape index (κ1) is 23.2. The summed E-state index contributed by atoms with van der Waals surface area (Å²) in [4.78, 5) is -0.0366. The zero-order valence-corrected chi connectivity index (χ0v) is 17.5. The van der Waals surface area contributed by atoms with Crippen molar-refractivity contribution in [3.05, 3.63) is 90.1 Å². The Kier molecular flexibility index (Phi) is 5.92. The van der Waals surface area contributed by atoms with Gasteiger partial charge in [0.2, 0.25) is 0 Å². The maximum atomic E-state index is 14.0. The van der Waals surface area contributed by atoms with Crippen molar-refractivity contribution in [1.82, 2.24) is 9.78 Å². The summed E-state index contributed by atoms with van der Waals surface area (Å²) in [7, 11) is 0. The van der Waals surface area contributed by atoms with Gasteiger partial charge < -0.3 is 5.11 Å². The number of hydrogen-bond donors (Lipinski definition) is 1. The molecule has 0 amide bonds. The van der Waals surface area contributed by atoms with Crippen LogP contribution in [0.25, 0.3) is 16.6 Å². The van der Waals surface area contributed by atoms with E-state index < -0.39 is 34.8 Å². The molecule has 0 saturated carbocycles. The summed E-state index contributed by atoms with van der Waals surface area (Å²) in [6.07, 6.45) is -8.30. The lowest BCUT2D eigenvalue weighted by molar-refractivity contribution is -0.256. The molecule has 0 fully saturated rings. The van der Waals surface area contributed by atoms with Gasteiger partial charge in [0.05, 0.1) is 23.0 Å². The Labute approximate surface area is 188 Å². The van der Waals surface area contributed by atoms with E-state index in [2.05, 4.69) is 5.10 Å². The van der Waals surface area contributed by atoms with Crippen LogP contribution in [-0.4, -0.2) is 26.8 Å². The minimum absolute atomic E-state index is 0.0366. The quantitative estimate of drug-likeness (QED) is 0.258. The third kappa shape index (κ3) is 4.58. The standard InChI is InChI=1S/C23H16F6N2OS/c24-22(25,26)17-5-4-8-19(12-17)33-14-21(32,23(27,28)29)16-9-10-20-15(11-16)13-30-31(20)18-6-2-1-3-7-18/h1-13,32H,14H2. The van der Waals surface area contributed by atoms with Gasteiger partial charge >= 0.3 is 12.4 Å². The summed E-state index contributed by atoms with van der Waals surface area (Å²) in [6.45, 7) is 0. The first-order valence-corrected chi connectivity index (χ1v) is 10.6. The average Bonchev–Trinajstić information content (AvgIpc) is 3.20. The van der Waals surface area contributed by atoms with Gasteiger partial charge in [0.1, 0.15) is 0 Å². The van der Waals surface area contributed by atoms with Crippen molar-refractivity contribution in [2.45, 2.75) is 22.8 Å². The molecule has 1 atom stereocenters. The highest BCUT2D eigenvalue weighted by Crippen LogP contribution is 2.44. The molecule has 0 aliphatic rings. The first-order valence-electron chi connectivity index (χ1n) is 9.62. The molecule has 3 nitrogen and oxygen atoms in total. The second-order valence-corrected chi connectivity index (χ2v) is 8.39. The van der Waals surface area contributed by atoms with Crippen LogP contribution in [0.2, 0.25) is 0 Å². The molecule has 3 aromatic carbocycles. The van der Waals surface area contributed by atoms with Gasteiger partial charge in [0.15, 0.2) is 5.60 Å². The highest BCUT2D eigenvalue weighted by atomic mass is 32.2. The van der Waals surface area contributed by atoms with Crippen molar-refractivity contribution in [2.75, 3.05) is 5.75 Å². The van der Waals surface area contributed by atoms with Gasteiger partial charge in [-0.15, -0.1) is 11.8 Å². The molecule has 172 valence electrons.